The van der Waals surface area contributed by atoms with Gasteiger partial charge in [0, 0.05) is 11.3 Å². The monoisotopic (exact) mass is 377 g/mol. The first-order valence-electron chi connectivity index (χ1n) is 7.51. The second-order valence-corrected chi connectivity index (χ2v) is 5.88. The first-order chi connectivity index (χ1) is 11.1. The van der Waals surface area contributed by atoms with Crippen molar-refractivity contribution in [1.82, 2.24) is 0 Å². The van der Waals surface area contributed by atoms with E-state index in [2.05, 4.69) is 28.2 Å². The number of carbonyl (C=O) groups excluding carboxylic acids is 1. The quantitative estimate of drug-likeness (QED) is 0.698. The van der Waals surface area contributed by atoms with Crippen LogP contribution >= 0.6 is 15.9 Å². The second-order valence-electron chi connectivity index (χ2n) is 5.03. The average molecular weight is 378 g/mol. The maximum atomic E-state index is 12.3. The van der Waals surface area contributed by atoms with Crippen molar-refractivity contribution in [3.8, 4) is 11.5 Å². The second kappa shape index (κ2) is 8.58. The summed E-state index contributed by atoms with van der Waals surface area (Å²) in [6.45, 7) is 2.82. The van der Waals surface area contributed by atoms with Crippen molar-refractivity contribution in [3.63, 3.8) is 0 Å². The van der Waals surface area contributed by atoms with Gasteiger partial charge in [-0.1, -0.05) is 13.3 Å². The molecule has 122 valence electrons. The van der Waals surface area contributed by atoms with Gasteiger partial charge in [-0.15, -0.1) is 0 Å². The number of rotatable bonds is 7. The van der Waals surface area contributed by atoms with Gasteiger partial charge in [0.15, 0.2) is 0 Å². The molecule has 1 N–H and O–H groups in total. The lowest BCUT2D eigenvalue weighted by molar-refractivity contribution is 0.102. The van der Waals surface area contributed by atoms with Crippen LogP contribution in [0.2, 0.25) is 0 Å². The Morgan fingerprint density at radius 3 is 2.52 bits per heavy atom. The first kappa shape index (κ1) is 17.3. The molecule has 0 aliphatic heterocycles. The minimum atomic E-state index is -0.165. The molecule has 0 aliphatic carbocycles. The van der Waals surface area contributed by atoms with Crippen LogP contribution in [-0.4, -0.2) is 19.6 Å². The van der Waals surface area contributed by atoms with Crippen molar-refractivity contribution < 1.29 is 14.3 Å². The maximum absolute atomic E-state index is 12.3. The number of benzene rings is 2. The fourth-order valence-electron chi connectivity index (χ4n) is 1.98. The van der Waals surface area contributed by atoms with E-state index < -0.39 is 0 Å². The number of halogens is 1. The molecule has 2 aromatic carbocycles. The molecule has 0 heterocycles. The summed E-state index contributed by atoms with van der Waals surface area (Å²) < 4.78 is 11.5. The van der Waals surface area contributed by atoms with E-state index in [0.29, 0.717) is 17.9 Å². The minimum absolute atomic E-state index is 0.165. The van der Waals surface area contributed by atoms with E-state index in [-0.39, 0.29) is 5.91 Å². The van der Waals surface area contributed by atoms with Crippen molar-refractivity contribution >= 4 is 27.5 Å². The number of nitrogens with one attached hydrogen (secondary N) is 1. The van der Waals surface area contributed by atoms with E-state index in [1.54, 1.807) is 37.4 Å². The van der Waals surface area contributed by atoms with E-state index in [4.69, 9.17) is 9.47 Å². The van der Waals surface area contributed by atoms with Gasteiger partial charge in [-0.05, 0) is 64.8 Å². The van der Waals surface area contributed by atoms with Crippen molar-refractivity contribution in [3.05, 3.63) is 52.5 Å². The number of unbranched alkanes of at least 4 members (excludes halogenated alkanes) is 1. The Hall–Kier alpha value is -2.01. The normalized spacial score (nSPS) is 10.2. The third-order valence-electron chi connectivity index (χ3n) is 3.29. The molecule has 0 fully saturated rings. The molecule has 2 aromatic rings. The summed E-state index contributed by atoms with van der Waals surface area (Å²) >= 11 is 3.40. The van der Waals surface area contributed by atoms with Gasteiger partial charge in [0.1, 0.15) is 11.5 Å². The molecule has 0 bridgehead atoms. The summed E-state index contributed by atoms with van der Waals surface area (Å²) in [5.41, 5.74) is 1.28. The third-order valence-corrected chi connectivity index (χ3v) is 3.91. The number of anilines is 1. The number of hydrogen-bond donors (Lipinski definition) is 1. The van der Waals surface area contributed by atoms with Crippen LogP contribution in [0.4, 0.5) is 5.69 Å². The fourth-order valence-corrected chi connectivity index (χ4v) is 2.52. The van der Waals surface area contributed by atoms with Gasteiger partial charge in [-0.25, -0.2) is 0 Å². The van der Waals surface area contributed by atoms with Gasteiger partial charge in [0.05, 0.1) is 18.2 Å². The van der Waals surface area contributed by atoms with Crippen LogP contribution in [0.3, 0.4) is 0 Å². The molecular weight excluding hydrogens is 358 g/mol. The van der Waals surface area contributed by atoms with Crippen LogP contribution in [0.25, 0.3) is 0 Å². The minimum Gasteiger partial charge on any atom is -0.496 e. The Kier molecular flexibility index (Phi) is 6.47. The highest BCUT2D eigenvalue weighted by atomic mass is 79.9. The lowest BCUT2D eigenvalue weighted by Crippen LogP contribution is -2.11. The van der Waals surface area contributed by atoms with Crippen LogP contribution in [0.5, 0.6) is 11.5 Å². The SMILES string of the molecule is CCCCOc1ccc(C(=O)Nc2ccc(OC)c(Br)c2)cc1. The van der Waals surface area contributed by atoms with Crippen LogP contribution < -0.4 is 14.8 Å². The molecule has 0 atom stereocenters. The van der Waals surface area contributed by atoms with Crippen LogP contribution in [-0.2, 0) is 0 Å². The molecule has 0 saturated heterocycles. The summed E-state index contributed by atoms with van der Waals surface area (Å²) in [4.78, 5) is 12.3. The van der Waals surface area contributed by atoms with E-state index in [1.165, 1.54) is 0 Å². The summed E-state index contributed by atoms with van der Waals surface area (Å²) in [6.07, 6.45) is 2.12. The Balaban J connectivity index is 1.99. The van der Waals surface area contributed by atoms with E-state index in [0.717, 1.165) is 28.8 Å². The third kappa shape index (κ3) is 4.99. The molecule has 0 aromatic heterocycles. The number of carbonyl (C=O) groups is 1. The molecule has 0 spiro atoms. The number of methoxy groups -OCH3 is 1. The van der Waals surface area contributed by atoms with Gasteiger partial charge < -0.3 is 14.8 Å². The first-order valence-corrected chi connectivity index (χ1v) is 8.31. The molecule has 5 heteroatoms. The lowest BCUT2D eigenvalue weighted by atomic mass is 10.2. The predicted octanol–water partition coefficient (Wildman–Crippen LogP) is 4.89. The Morgan fingerprint density at radius 1 is 1.17 bits per heavy atom. The Bertz CT molecular complexity index is 656. The average Bonchev–Trinajstić information content (AvgIpc) is 2.56. The molecule has 4 nitrogen and oxygen atoms in total. The molecule has 0 unspecified atom stereocenters. The lowest BCUT2D eigenvalue weighted by Gasteiger charge is -2.09. The highest BCUT2D eigenvalue weighted by molar-refractivity contribution is 9.10. The highest BCUT2D eigenvalue weighted by Gasteiger charge is 2.08. The standard InChI is InChI=1S/C18H20BrNO3/c1-3-4-11-23-15-8-5-13(6-9-15)18(21)20-14-7-10-17(22-2)16(19)12-14/h5-10,12H,3-4,11H2,1-2H3,(H,20,21). The fraction of sp³-hybridized carbons (Fsp3) is 0.278. The zero-order valence-electron chi connectivity index (χ0n) is 13.3. The van der Waals surface area contributed by atoms with Gasteiger partial charge in [-0.3, -0.25) is 4.79 Å². The summed E-state index contributed by atoms with van der Waals surface area (Å²) in [7, 11) is 1.60. The maximum Gasteiger partial charge on any atom is 0.255 e. The smallest absolute Gasteiger partial charge is 0.255 e. The molecule has 2 rings (SSSR count). The van der Waals surface area contributed by atoms with Crippen molar-refractivity contribution in [2.24, 2.45) is 0 Å². The summed E-state index contributed by atoms with van der Waals surface area (Å²) in [5.74, 6) is 1.33. The molecule has 0 saturated carbocycles. The van der Waals surface area contributed by atoms with Crippen LogP contribution in [0.15, 0.2) is 46.9 Å². The Labute approximate surface area is 144 Å². The molecule has 23 heavy (non-hydrogen) atoms. The van der Waals surface area contributed by atoms with Gasteiger partial charge in [0.25, 0.3) is 5.91 Å². The predicted molar refractivity (Wildman–Crippen MR) is 95.5 cm³/mol. The van der Waals surface area contributed by atoms with Crippen molar-refractivity contribution in [1.29, 1.82) is 0 Å². The van der Waals surface area contributed by atoms with Crippen molar-refractivity contribution in [2.45, 2.75) is 19.8 Å². The molecule has 1 amide bonds. The molecule has 0 radical (unpaired) electrons. The number of hydrogen-bond acceptors (Lipinski definition) is 3. The molecular formula is C18H20BrNO3. The molecule has 0 aliphatic rings. The van der Waals surface area contributed by atoms with E-state index in [1.807, 2.05) is 12.1 Å². The summed E-state index contributed by atoms with van der Waals surface area (Å²) in [5, 5.41) is 2.86. The Morgan fingerprint density at radius 2 is 1.91 bits per heavy atom. The topological polar surface area (TPSA) is 47.6 Å². The highest BCUT2D eigenvalue weighted by Crippen LogP contribution is 2.28. The van der Waals surface area contributed by atoms with E-state index in [9.17, 15) is 4.79 Å². The number of ether oxygens (including phenoxy) is 2. The summed E-state index contributed by atoms with van der Waals surface area (Å²) in [6, 6.07) is 12.5. The zero-order chi connectivity index (χ0) is 16.7. The largest absolute Gasteiger partial charge is 0.496 e. The van der Waals surface area contributed by atoms with Gasteiger partial charge in [-0.2, -0.15) is 0 Å². The van der Waals surface area contributed by atoms with Crippen LogP contribution in [0.1, 0.15) is 30.1 Å². The van der Waals surface area contributed by atoms with Crippen LogP contribution in [0, 0.1) is 0 Å². The zero-order valence-corrected chi connectivity index (χ0v) is 14.9. The number of amides is 1. The van der Waals surface area contributed by atoms with E-state index >= 15 is 0 Å². The van der Waals surface area contributed by atoms with Gasteiger partial charge >= 0.3 is 0 Å². The van der Waals surface area contributed by atoms with Crippen molar-refractivity contribution in [2.75, 3.05) is 19.0 Å². The van der Waals surface area contributed by atoms with Gasteiger partial charge in [0.2, 0.25) is 0 Å².